The molecule has 1 rings (SSSR count). The van der Waals surface area contributed by atoms with E-state index in [1.807, 2.05) is 0 Å². The van der Waals surface area contributed by atoms with Crippen molar-refractivity contribution in [3.8, 4) is 0 Å². The normalized spacial score (nSPS) is 16.4. The lowest BCUT2D eigenvalue weighted by Crippen LogP contribution is -2.16. The van der Waals surface area contributed by atoms with Gasteiger partial charge in [-0.15, -0.1) is 0 Å². The molecule has 0 aliphatic carbocycles. The third-order valence-electron chi connectivity index (χ3n) is 1.73. The second kappa shape index (κ2) is 4.98. The number of hydrogen-bond donors (Lipinski definition) is 2. The standard InChI is InChI=1S/C10H12ClNO2/c11-9-3-1-7(2-4-9)8(6-12)5-10(13)14/h1-4,8H,5-6,12H2,(H,13,14)/t8-/m1/s1/i1D,2D,3D,4D. The molecule has 3 N–H and O–H groups in total. The predicted octanol–water partition coefficient (Wildman–Crippen LogP) is 1.86. The predicted molar refractivity (Wildman–Crippen MR) is 55.5 cm³/mol. The molecule has 1 atom stereocenters. The molecule has 0 aliphatic heterocycles. The highest BCUT2D eigenvalue weighted by Crippen LogP contribution is 2.20. The fraction of sp³-hybridized carbons (Fsp3) is 0.300. The van der Waals surface area contributed by atoms with Crippen LogP contribution in [0, 0.1) is 0 Å². The summed E-state index contributed by atoms with van der Waals surface area (Å²) < 4.78 is 30.6. The molecule has 0 amide bonds. The number of carboxylic acids is 1. The average molecular weight is 218 g/mol. The van der Waals surface area contributed by atoms with Crippen LogP contribution < -0.4 is 5.73 Å². The molecule has 0 bridgehead atoms. The molecule has 1 aromatic rings. The first kappa shape index (κ1) is 6.43. The van der Waals surface area contributed by atoms with E-state index in [0.29, 0.717) is 0 Å². The second-order valence-corrected chi connectivity index (χ2v) is 3.14. The van der Waals surface area contributed by atoms with Gasteiger partial charge in [-0.25, -0.2) is 0 Å². The van der Waals surface area contributed by atoms with Gasteiger partial charge in [0.2, 0.25) is 0 Å². The second-order valence-electron chi connectivity index (χ2n) is 2.76. The SMILES string of the molecule is [2H]c1c([2H])c([C@@H](CN)CC(=O)O)c([2H])c([2H])c1Cl. The smallest absolute Gasteiger partial charge is 0.304 e. The van der Waals surface area contributed by atoms with Gasteiger partial charge in [0.05, 0.1) is 11.9 Å². The number of halogens is 1. The first-order chi connectivity index (χ1) is 8.31. The third-order valence-corrected chi connectivity index (χ3v) is 1.92. The minimum absolute atomic E-state index is 0.000648. The van der Waals surface area contributed by atoms with Crippen LogP contribution in [0.2, 0.25) is 5.02 Å². The maximum absolute atomic E-state index is 10.7. The highest BCUT2D eigenvalue weighted by atomic mass is 35.5. The van der Waals surface area contributed by atoms with Crippen LogP contribution in [0.25, 0.3) is 0 Å². The monoisotopic (exact) mass is 217 g/mol. The lowest BCUT2D eigenvalue weighted by atomic mass is 9.96. The summed E-state index contributed by atoms with van der Waals surface area (Å²) in [5.74, 6) is -1.88. The zero-order valence-corrected chi connectivity index (χ0v) is 8.06. The Morgan fingerprint density at radius 1 is 1.57 bits per heavy atom. The third kappa shape index (κ3) is 3.01. The van der Waals surface area contributed by atoms with E-state index in [0.717, 1.165) is 0 Å². The van der Waals surface area contributed by atoms with Crippen LogP contribution in [-0.4, -0.2) is 17.6 Å². The molecule has 0 aliphatic rings. The zero-order valence-electron chi connectivity index (χ0n) is 11.3. The number of benzene rings is 1. The maximum Gasteiger partial charge on any atom is 0.304 e. The van der Waals surface area contributed by atoms with Crippen LogP contribution in [-0.2, 0) is 4.79 Å². The Hall–Kier alpha value is -1.06. The van der Waals surface area contributed by atoms with E-state index in [4.69, 9.17) is 27.9 Å². The first-order valence-electron chi connectivity index (χ1n) is 5.98. The number of hydrogen-bond acceptors (Lipinski definition) is 2. The molecule has 0 fully saturated rings. The van der Waals surface area contributed by atoms with Gasteiger partial charge < -0.3 is 10.8 Å². The molecular formula is C10H12ClNO2. The molecule has 0 unspecified atom stereocenters. The van der Waals surface area contributed by atoms with Gasteiger partial charge in [0, 0.05) is 10.9 Å². The van der Waals surface area contributed by atoms with Crippen LogP contribution in [0.3, 0.4) is 0 Å². The van der Waals surface area contributed by atoms with Gasteiger partial charge in [-0.1, -0.05) is 23.7 Å². The van der Waals surface area contributed by atoms with E-state index in [-0.39, 0.29) is 47.7 Å². The molecule has 1 aromatic carbocycles. The van der Waals surface area contributed by atoms with Gasteiger partial charge >= 0.3 is 5.97 Å². The summed E-state index contributed by atoms with van der Waals surface area (Å²) in [4.78, 5) is 10.7. The van der Waals surface area contributed by atoms with E-state index in [2.05, 4.69) is 0 Å². The molecule has 0 saturated heterocycles. The Morgan fingerprint density at radius 2 is 2.14 bits per heavy atom. The molecule has 0 saturated carbocycles. The average Bonchev–Trinajstić information content (AvgIpc) is 2.32. The molecule has 0 aromatic heterocycles. The molecule has 0 heterocycles. The van der Waals surface area contributed by atoms with E-state index in [1.165, 1.54) is 0 Å². The van der Waals surface area contributed by atoms with Crippen LogP contribution in [0.15, 0.2) is 24.2 Å². The maximum atomic E-state index is 10.7. The molecule has 3 nitrogen and oxygen atoms in total. The van der Waals surface area contributed by atoms with Crippen LogP contribution in [0.1, 0.15) is 23.4 Å². The van der Waals surface area contributed by atoms with Crippen molar-refractivity contribution in [1.82, 2.24) is 0 Å². The lowest BCUT2D eigenvalue weighted by Gasteiger charge is -2.12. The van der Waals surface area contributed by atoms with Crippen molar-refractivity contribution in [3.05, 3.63) is 34.8 Å². The summed E-state index contributed by atoms with van der Waals surface area (Å²) in [7, 11) is 0. The molecular weight excluding hydrogens is 202 g/mol. The quantitative estimate of drug-likeness (QED) is 0.809. The van der Waals surface area contributed by atoms with E-state index in [1.54, 1.807) is 0 Å². The molecule has 76 valence electrons. The Labute approximate surface area is 93.1 Å². The summed E-state index contributed by atoms with van der Waals surface area (Å²) >= 11 is 5.65. The first-order valence-corrected chi connectivity index (χ1v) is 4.36. The fourth-order valence-corrected chi connectivity index (χ4v) is 1.12. The summed E-state index contributed by atoms with van der Waals surface area (Å²) in [5, 5.41) is 8.48. The summed E-state index contributed by atoms with van der Waals surface area (Å²) in [6, 6.07) is -1.43. The Balaban J connectivity index is 3.43. The van der Waals surface area contributed by atoms with Gasteiger partial charge in [0.25, 0.3) is 0 Å². The van der Waals surface area contributed by atoms with Gasteiger partial charge in [0.1, 0.15) is 0 Å². The van der Waals surface area contributed by atoms with Gasteiger partial charge in [-0.05, 0) is 24.2 Å². The van der Waals surface area contributed by atoms with Crippen molar-refractivity contribution in [3.63, 3.8) is 0 Å². The molecule has 0 spiro atoms. The molecule has 14 heavy (non-hydrogen) atoms. The van der Waals surface area contributed by atoms with Gasteiger partial charge in [0.15, 0.2) is 0 Å². The number of carbonyl (C=O) groups is 1. The van der Waals surface area contributed by atoms with Crippen molar-refractivity contribution in [2.45, 2.75) is 12.3 Å². The minimum atomic E-state index is -1.11. The molecule has 4 heteroatoms. The van der Waals surface area contributed by atoms with Crippen molar-refractivity contribution < 1.29 is 15.4 Å². The largest absolute Gasteiger partial charge is 0.481 e. The van der Waals surface area contributed by atoms with Gasteiger partial charge in [-0.3, -0.25) is 4.79 Å². The van der Waals surface area contributed by atoms with Crippen LogP contribution in [0.5, 0.6) is 0 Å². The molecule has 0 radical (unpaired) electrons. The number of aliphatic carboxylic acids is 1. The topological polar surface area (TPSA) is 63.3 Å². The Bertz CT molecular complexity index is 466. The number of rotatable bonds is 4. The fourth-order valence-electron chi connectivity index (χ4n) is 1.03. The summed E-state index contributed by atoms with van der Waals surface area (Å²) in [5.41, 5.74) is 5.44. The summed E-state index contributed by atoms with van der Waals surface area (Å²) in [6.07, 6.45) is -0.352. The van der Waals surface area contributed by atoms with Crippen molar-refractivity contribution in [1.29, 1.82) is 0 Å². The minimum Gasteiger partial charge on any atom is -0.481 e. The number of nitrogens with two attached hydrogens (primary N) is 1. The van der Waals surface area contributed by atoms with Crippen LogP contribution >= 0.6 is 11.6 Å². The van der Waals surface area contributed by atoms with Crippen LogP contribution in [0.4, 0.5) is 0 Å². The Morgan fingerprint density at radius 3 is 2.57 bits per heavy atom. The summed E-state index contributed by atoms with van der Waals surface area (Å²) in [6.45, 7) is -0.0788. The van der Waals surface area contributed by atoms with Crippen molar-refractivity contribution in [2.24, 2.45) is 5.73 Å². The van der Waals surface area contributed by atoms with Gasteiger partial charge in [-0.2, -0.15) is 0 Å². The zero-order chi connectivity index (χ0) is 14.0. The lowest BCUT2D eigenvalue weighted by molar-refractivity contribution is -0.137. The number of carboxylic acid groups (broad SMARTS) is 1. The highest BCUT2D eigenvalue weighted by molar-refractivity contribution is 6.30. The van der Waals surface area contributed by atoms with Crippen molar-refractivity contribution >= 4 is 17.6 Å². The Kier molecular flexibility index (Phi) is 2.29. The highest BCUT2D eigenvalue weighted by Gasteiger charge is 2.13. The van der Waals surface area contributed by atoms with E-state index >= 15 is 0 Å². The van der Waals surface area contributed by atoms with E-state index in [9.17, 15) is 4.79 Å². The van der Waals surface area contributed by atoms with E-state index < -0.39 is 11.9 Å². The van der Waals surface area contributed by atoms with Crippen molar-refractivity contribution in [2.75, 3.05) is 6.54 Å².